The molecule has 0 amide bonds. The first-order valence-electron chi connectivity index (χ1n) is 5.70. The van der Waals surface area contributed by atoms with Gasteiger partial charge in [-0.05, 0) is 42.4 Å². The SMILES string of the molecule is Cc1[c]cccc1C1(C)CCCCC1. The van der Waals surface area contributed by atoms with Gasteiger partial charge in [-0.1, -0.05) is 44.4 Å². The van der Waals surface area contributed by atoms with E-state index in [1.54, 1.807) is 0 Å². The van der Waals surface area contributed by atoms with Crippen LogP contribution in [-0.4, -0.2) is 0 Å². The second kappa shape index (κ2) is 3.76. The zero-order chi connectivity index (χ0) is 10.0. The monoisotopic (exact) mass is 187 g/mol. The number of rotatable bonds is 1. The topological polar surface area (TPSA) is 0 Å². The highest BCUT2D eigenvalue weighted by atomic mass is 14.3. The number of hydrogen-bond acceptors (Lipinski definition) is 0. The van der Waals surface area contributed by atoms with Gasteiger partial charge in [-0.3, -0.25) is 0 Å². The van der Waals surface area contributed by atoms with Gasteiger partial charge in [0.1, 0.15) is 0 Å². The van der Waals surface area contributed by atoms with E-state index in [2.05, 4.69) is 32.0 Å². The number of aryl methyl sites for hydroxylation is 1. The Balaban J connectivity index is 2.32. The van der Waals surface area contributed by atoms with Crippen LogP contribution in [0.1, 0.15) is 50.2 Å². The lowest BCUT2D eigenvalue weighted by molar-refractivity contribution is 0.318. The molecule has 0 aliphatic heterocycles. The van der Waals surface area contributed by atoms with Gasteiger partial charge in [-0.25, -0.2) is 0 Å². The van der Waals surface area contributed by atoms with E-state index < -0.39 is 0 Å². The molecule has 1 saturated carbocycles. The Morgan fingerprint density at radius 2 is 1.93 bits per heavy atom. The van der Waals surface area contributed by atoms with Crippen LogP contribution in [0.2, 0.25) is 0 Å². The minimum absolute atomic E-state index is 0.431. The van der Waals surface area contributed by atoms with Gasteiger partial charge in [0.25, 0.3) is 0 Å². The van der Waals surface area contributed by atoms with Gasteiger partial charge < -0.3 is 0 Å². The molecule has 0 unspecified atom stereocenters. The van der Waals surface area contributed by atoms with Crippen molar-refractivity contribution in [3.8, 4) is 0 Å². The van der Waals surface area contributed by atoms with Crippen LogP contribution in [0.25, 0.3) is 0 Å². The highest BCUT2D eigenvalue weighted by molar-refractivity contribution is 5.32. The lowest BCUT2D eigenvalue weighted by Crippen LogP contribution is -2.25. The third-order valence-electron chi connectivity index (χ3n) is 3.67. The summed E-state index contributed by atoms with van der Waals surface area (Å²) in [6, 6.07) is 9.76. The van der Waals surface area contributed by atoms with Crippen molar-refractivity contribution in [3.63, 3.8) is 0 Å². The van der Waals surface area contributed by atoms with Crippen molar-refractivity contribution < 1.29 is 0 Å². The molecular formula is C14H19. The standard InChI is InChI=1S/C14H19/c1-12-8-4-5-9-13(12)14(2)10-6-3-7-11-14/h4-5,9H,3,6-7,10-11H2,1-2H3. The smallest absolute Gasteiger partial charge is 0.00724 e. The van der Waals surface area contributed by atoms with Crippen LogP contribution in [0.15, 0.2) is 18.2 Å². The maximum absolute atomic E-state index is 3.32. The number of hydrogen-bond donors (Lipinski definition) is 0. The number of benzene rings is 1. The molecule has 0 saturated heterocycles. The third kappa shape index (κ3) is 1.70. The Kier molecular flexibility index (Phi) is 2.62. The summed E-state index contributed by atoms with van der Waals surface area (Å²) in [7, 11) is 0. The average Bonchev–Trinajstić information content (AvgIpc) is 2.19. The Morgan fingerprint density at radius 3 is 2.57 bits per heavy atom. The quantitative estimate of drug-likeness (QED) is 0.623. The third-order valence-corrected chi connectivity index (χ3v) is 3.67. The van der Waals surface area contributed by atoms with Crippen LogP contribution in [0.4, 0.5) is 0 Å². The normalized spacial score (nSPS) is 20.7. The molecule has 0 spiro atoms. The van der Waals surface area contributed by atoms with E-state index in [0.29, 0.717) is 5.41 Å². The van der Waals surface area contributed by atoms with Gasteiger partial charge in [0, 0.05) is 0 Å². The van der Waals surface area contributed by atoms with Gasteiger partial charge in [0.15, 0.2) is 0 Å². The molecule has 75 valence electrons. The molecule has 1 aliphatic rings. The first-order valence-corrected chi connectivity index (χ1v) is 5.70. The molecule has 14 heavy (non-hydrogen) atoms. The molecule has 1 aliphatic carbocycles. The molecule has 1 radical (unpaired) electrons. The van der Waals surface area contributed by atoms with Gasteiger partial charge in [0.05, 0.1) is 0 Å². The molecule has 1 fully saturated rings. The summed E-state index contributed by atoms with van der Waals surface area (Å²) in [4.78, 5) is 0. The Morgan fingerprint density at radius 1 is 1.21 bits per heavy atom. The first kappa shape index (κ1) is 9.76. The Hall–Kier alpha value is -0.780. The van der Waals surface area contributed by atoms with Gasteiger partial charge in [-0.15, -0.1) is 0 Å². The molecular weight excluding hydrogens is 168 g/mol. The molecule has 0 N–H and O–H groups in total. The summed E-state index contributed by atoms with van der Waals surface area (Å²) in [6.07, 6.45) is 6.91. The molecule has 1 aromatic carbocycles. The van der Waals surface area contributed by atoms with E-state index in [1.807, 2.05) is 6.07 Å². The van der Waals surface area contributed by atoms with Crippen LogP contribution in [0.5, 0.6) is 0 Å². The molecule has 2 rings (SSSR count). The fourth-order valence-corrected chi connectivity index (χ4v) is 2.78. The summed E-state index contributed by atoms with van der Waals surface area (Å²) < 4.78 is 0. The summed E-state index contributed by atoms with van der Waals surface area (Å²) in [5.41, 5.74) is 3.30. The summed E-state index contributed by atoms with van der Waals surface area (Å²) >= 11 is 0. The minimum Gasteiger partial charge on any atom is -0.0613 e. The molecule has 1 aromatic rings. The highest BCUT2D eigenvalue weighted by Crippen LogP contribution is 2.39. The fraction of sp³-hybridized carbons (Fsp3) is 0.571. The van der Waals surface area contributed by atoms with Crippen molar-refractivity contribution in [3.05, 3.63) is 35.4 Å². The van der Waals surface area contributed by atoms with Crippen LogP contribution in [-0.2, 0) is 5.41 Å². The average molecular weight is 187 g/mol. The predicted molar refractivity (Wildman–Crippen MR) is 60.5 cm³/mol. The molecule has 0 nitrogen and oxygen atoms in total. The van der Waals surface area contributed by atoms with Crippen molar-refractivity contribution in [2.45, 2.75) is 51.4 Å². The predicted octanol–water partition coefficient (Wildman–Crippen LogP) is 4.02. The zero-order valence-electron chi connectivity index (χ0n) is 9.27. The van der Waals surface area contributed by atoms with E-state index in [1.165, 1.54) is 43.2 Å². The summed E-state index contributed by atoms with van der Waals surface area (Å²) in [5, 5.41) is 0. The van der Waals surface area contributed by atoms with E-state index >= 15 is 0 Å². The van der Waals surface area contributed by atoms with Gasteiger partial charge in [-0.2, -0.15) is 0 Å². The van der Waals surface area contributed by atoms with Crippen molar-refractivity contribution in [1.29, 1.82) is 0 Å². The lowest BCUT2D eigenvalue weighted by Gasteiger charge is -2.35. The van der Waals surface area contributed by atoms with Crippen LogP contribution in [0, 0.1) is 13.0 Å². The summed E-state index contributed by atoms with van der Waals surface area (Å²) in [6.45, 7) is 4.61. The Bertz CT molecular complexity index is 306. The van der Waals surface area contributed by atoms with E-state index in [-0.39, 0.29) is 0 Å². The minimum atomic E-state index is 0.431. The molecule has 0 aromatic heterocycles. The lowest BCUT2D eigenvalue weighted by atomic mass is 9.70. The first-order chi connectivity index (χ1) is 6.72. The van der Waals surface area contributed by atoms with Crippen molar-refractivity contribution in [2.24, 2.45) is 0 Å². The van der Waals surface area contributed by atoms with E-state index in [4.69, 9.17) is 0 Å². The largest absolute Gasteiger partial charge is 0.0613 e. The zero-order valence-corrected chi connectivity index (χ0v) is 9.27. The molecule has 0 heteroatoms. The second-order valence-electron chi connectivity index (χ2n) is 4.83. The van der Waals surface area contributed by atoms with Crippen molar-refractivity contribution in [2.75, 3.05) is 0 Å². The van der Waals surface area contributed by atoms with Gasteiger partial charge >= 0.3 is 0 Å². The maximum atomic E-state index is 3.32. The summed E-state index contributed by atoms with van der Waals surface area (Å²) in [5.74, 6) is 0. The van der Waals surface area contributed by atoms with E-state index in [0.717, 1.165) is 0 Å². The molecule has 0 heterocycles. The highest BCUT2D eigenvalue weighted by Gasteiger charge is 2.29. The van der Waals surface area contributed by atoms with Crippen molar-refractivity contribution in [1.82, 2.24) is 0 Å². The second-order valence-corrected chi connectivity index (χ2v) is 4.83. The van der Waals surface area contributed by atoms with Gasteiger partial charge in [0.2, 0.25) is 0 Å². The van der Waals surface area contributed by atoms with Crippen LogP contribution < -0.4 is 0 Å². The maximum Gasteiger partial charge on any atom is -0.00724 e. The van der Waals surface area contributed by atoms with Crippen molar-refractivity contribution >= 4 is 0 Å². The van der Waals surface area contributed by atoms with Crippen LogP contribution >= 0.6 is 0 Å². The fourth-order valence-electron chi connectivity index (χ4n) is 2.78. The molecule has 0 bridgehead atoms. The molecule has 0 atom stereocenters. The van der Waals surface area contributed by atoms with Crippen LogP contribution in [0.3, 0.4) is 0 Å². The Labute approximate surface area is 87.3 Å². The van der Waals surface area contributed by atoms with E-state index in [9.17, 15) is 0 Å².